The Labute approximate surface area is 114 Å². The van der Waals surface area contributed by atoms with Crippen molar-refractivity contribution in [2.45, 2.75) is 39.8 Å². The van der Waals surface area contributed by atoms with Crippen LogP contribution in [0.25, 0.3) is 0 Å². The van der Waals surface area contributed by atoms with Crippen molar-refractivity contribution in [3.63, 3.8) is 0 Å². The molecule has 18 heavy (non-hydrogen) atoms. The molecule has 1 atom stereocenters. The highest BCUT2D eigenvalue weighted by Gasteiger charge is 2.09. The van der Waals surface area contributed by atoms with Crippen LogP contribution in [0.4, 0.5) is 0 Å². The highest BCUT2D eigenvalue weighted by molar-refractivity contribution is 7.10. The van der Waals surface area contributed by atoms with Crippen molar-refractivity contribution in [1.29, 1.82) is 0 Å². The molecule has 0 amide bonds. The van der Waals surface area contributed by atoms with E-state index < -0.39 is 0 Å². The summed E-state index contributed by atoms with van der Waals surface area (Å²) >= 11 is 1.84. The standard InChI is InChI=1S/C16H21NS/c1-4-14-7-5-6-8-15(14)11-17-13(3)16-12(2)9-10-18-16/h5-10,13,17H,4,11H2,1-3H3. The fourth-order valence-electron chi connectivity index (χ4n) is 2.26. The van der Waals surface area contributed by atoms with Gasteiger partial charge in [0.2, 0.25) is 0 Å². The predicted molar refractivity (Wildman–Crippen MR) is 80.1 cm³/mol. The Morgan fingerprint density at radius 1 is 1.17 bits per heavy atom. The highest BCUT2D eigenvalue weighted by Crippen LogP contribution is 2.23. The van der Waals surface area contributed by atoms with Gasteiger partial charge in [-0.3, -0.25) is 0 Å². The Balaban J connectivity index is 2.01. The zero-order valence-corrected chi connectivity index (χ0v) is 12.2. The fourth-order valence-corrected chi connectivity index (χ4v) is 3.22. The third-order valence-corrected chi connectivity index (χ3v) is 4.59. The Hall–Kier alpha value is -1.12. The maximum atomic E-state index is 3.63. The van der Waals surface area contributed by atoms with Crippen molar-refractivity contribution < 1.29 is 0 Å². The van der Waals surface area contributed by atoms with Crippen molar-refractivity contribution in [2.24, 2.45) is 0 Å². The molecule has 2 aromatic rings. The normalized spacial score (nSPS) is 12.6. The summed E-state index contributed by atoms with van der Waals surface area (Å²) in [5.74, 6) is 0. The van der Waals surface area contributed by atoms with Gasteiger partial charge in [0.1, 0.15) is 0 Å². The number of aryl methyl sites for hydroxylation is 2. The molecule has 1 nitrogen and oxygen atoms in total. The Morgan fingerprint density at radius 2 is 1.89 bits per heavy atom. The summed E-state index contributed by atoms with van der Waals surface area (Å²) in [5, 5.41) is 5.80. The van der Waals surface area contributed by atoms with Crippen LogP contribution >= 0.6 is 11.3 Å². The van der Waals surface area contributed by atoms with Gasteiger partial charge in [0.15, 0.2) is 0 Å². The molecule has 0 aliphatic rings. The molecule has 1 aromatic carbocycles. The van der Waals surface area contributed by atoms with Crippen LogP contribution in [0.15, 0.2) is 35.7 Å². The maximum Gasteiger partial charge on any atom is 0.0391 e. The first-order chi connectivity index (χ1) is 8.72. The van der Waals surface area contributed by atoms with E-state index in [9.17, 15) is 0 Å². The molecule has 0 spiro atoms. The van der Waals surface area contributed by atoms with E-state index in [0.29, 0.717) is 6.04 Å². The second-order valence-corrected chi connectivity index (χ2v) is 5.64. The van der Waals surface area contributed by atoms with Crippen molar-refractivity contribution in [3.05, 3.63) is 57.3 Å². The van der Waals surface area contributed by atoms with Crippen molar-refractivity contribution in [3.8, 4) is 0 Å². The van der Waals surface area contributed by atoms with Crippen molar-refractivity contribution in [2.75, 3.05) is 0 Å². The molecule has 0 radical (unpaired) electrons. The molecule has 1 unspecified atom stereocenters. The molecular formula is C16H21NS. The van der Waals surface area contributed by atoms with Gasteiger partial charge in [0.05, 0.1) is 0 Å². The molecular weight excluding hydrogens is 238 g/mol. The summed E-state index contributed by atoms with van der Waals surface area (Å²) < 4.78 is 0. The summed E-state index contributed by atoms with van der Waals surface area (Å²) in [6.07, 6.45) is 1.10. The Bertz CT molecular complexity index is 501. The van der Waals surface area contributed by atoms with E-state index in [1.165, 1.54) is 21.6 Å². The van der Waals surface area contributed by atoms with E-state index >= 15 is 0 Å². The quantitative estimate of drug-likeness (QED) is 0.835. The van der Waals surface area contributed by atoms with Gasteiger partial charge in [-0.2, -0.15) is 0 Å². The summed E-state index contributed by atoms with van der Waals surface area (Å²) in [5.41, 5.74) is 4.25. The molecule has 2 heteroatoms. The third-order valence-electron chi connectivity index (χ3n) is 3.39. The lowest BCUT2D eigenvalue weighted by atomic mass is 10.0. The van der Waals surface area contributed by atoms with Crippen LogP contribution in [-0.2, 0) is 13.0 Å². The van der Waals surface area contributed by atoms with Gasteiger partial charge in [-0.1, -0.05) is 31.2 Å². The monoisotopic (exact) mass is 259 g/mol. The smallest absolute Gasteiger partial charge is 0.0391 e. The van der Waals surface area contributed by atoms with E-state index in [1.807, 2.05) is 11.3 Å². The van der Waals surface area contributed by atoms with E-state index in [-0.39, 0.29) is 0 Å². The molecule has 1 heterocycles. The predicted octanol–water partition coefficient (Wildman–Crippen LogP) is 4.47. The molecule has 0 aliphatic carbocycles. The second kappa shape index (κ2) is 6.17. The van der Waals surface area contributed by atoms with E-state index in [1.54, 1.807) is 0 Å². The number of thiophene rings is 1. The van der Waals surface area contributed by atoms with Gasteiger partial charge >= 0.3 is 0 Å². The number of rotatable bonds is 5. The van der Waals surface area contributed by atoms with Crippen LogP contribution in [0, 0.1) is 6.92 Å². The first-order valence-corrected chi connectivity index (χ1v) is 7.44. The minimum absolute atomic E-state index is 0.426. The van der Waals surface area contributed by atoms with E-state index in [0.717, 1.165) is 13.0 Å². The van der Waals surface area contributed by atoms with Crippen LogP contribution in [-0.4, -0.2) is 0 Å². The lowest BCUT2D eigenvalue weighted by Gasteiger charge is -2.15. The largest absolute Gasteiger partial charge is 0.305 e. The summed E-state index contributed by atoms with van der Waals surface area (Å²) in [7, 11) is 0. The molecule has 1 N–H and O–H groups in total. The number of hydrogen-bond donors (Lipinski definition) is 1. The van der Waals surface area contributed by atoms with Crippen LogP contribution in [0.1, 0.15) is 41.5 Å². The van der Waals surface area contributed by atoms with Crippen molar-refractivity contribution in [1.82, 2.24) is 5.32 Å². The zero-order chi connectivity index (χ0) is 13.0. The molecule has 0 aliphatic heterocycles. The molecule has 0 saturated carbocycles. The summed E-state index contributed by atoms with van der Waals surface area (Å²) in [6.45, 7) is 7.59. The van der Waals surface area contributed by atoms with E-state index in [2.05, 4.69) is 61.8 Å². The zero-order valence-electron chi connectivity index (χ0n) is 11.4. The first kappa shape index (κ1) is 13.3. The van der Waals surface area contributed by atoms with Gasteiger partial charge in [0, 0.05) is 17.5 Å². The van der Waals surface area contributed by atoms with Crippen LogP contribution in [0.3, 0.4) is 0 Å². The van der Waals surface area contributed by atoms with Gasteiger partial charge < -0.3 is 5.32 Å². The van der Waals surface area contributed by atoms with Crippen LogP contribution < -0.4 is 5.32 Å². The number of nitrogens with one attached hydrogen (secondary N) is 1. The Kier molecular flexibility index (Phi) is 4.56. The minimum atomic E-state index is 0.426. The SMILES string of the molecule is CCc1ccccc1CNC(C)c1sccc1C. The lowest BCUT2D eigenvalue weighted by molar-refractivity contribution is 0.578. The third kappa shape index (κ3) is 3.01. The summed E-state index contributed by atoms with van der Waals surface area (Å²) in [6, 6.07) is 11.3. The lowest BCUT2D eigenvalue weighted by Crippen LogP contribution is -2.18. The van der Waals surface area contributed by atoms with Crippen LogP contribution in [0.2, 0.25) is 0 Å². The van der Waals surface area contributed by atoms with Crippen LogP contribution in [0.5, 0.6) is 0 Å². The molecule has 2 rings (SSSR count). The number of hydrogen-bond acceptors (Lipinski definition) is 2. The van der Waals surface area contributed by atoms with E-state index in [4.69, 9.17) is 0 Å². The first-order valence-electron chi connectivity index (χ1n) is 6.56. The average Bonchev–Trinajstić information content (AvgIpc) is 2.82. The highest BCUT2D eigenvalue weighted by atomic mass is 32.1. The van der Waals surface area contributed by atoms with Gasteiger partial charge in [-0.15, -0.1) is 11.3 Å². The fraction of sp³-hybridized carbons (Fsp3) is 0.375. The van der Waals surface area contributed by atoms with Gasteiger partial charge in [0.25, 0.3) is 0 Å². The average molecular weight is 259 g/mol. The molecule has 0 fully saturated rings. The topological polar surface area (TPSA) is 12.0 Å². The van der Waals surface area contributed by atoms with Gasteiger partial charge in [-0.25, -0.2) is 0 Å². The van der Waals surface area contributed by atoms with Gasteiger partial charge in [-0.05, 0) is 48.4 Å². The molecule has 0 bridgehead atoms. The van der Waals surface area contributed by atoms with Crippen molar-refractivity contribution >= 4 is 11.3 Å². The second-order valence-electron chi connectivity index (χ2n) is 4.69. The Morgan fingerprint density at radius 3 is 2.50 bits per heavy atom. The maximum absolute atomic E-state index is 3.63. The minimum Gasteiger partial charge on any atom is -0.305 e. The molecule has 96 valence electrons. The number of benzene rings is 1. The summed E-state index contributed by atoms with van der Waals surface area (Å²) in [4.78, 5) is 1.45. The molecule has 1 aromatic heterocycles. The molecule has 0 saturated heterocycles.